The first kappa shape index (κ1) is 43.2. The average Bonchev–Trinajstić information content (AvgIpc) is 3.30. The Balaban J connectivity index is 0.000000174. The smallest absolute Gasteiger partial charge is 0.337 e. The molecule has 5 aromatic rings. The van der Waals surface area contributed by atoms with Crippen LogP contribution in [0, 0.1) is 18.8 Å². The number of aryl methyl sites for hydroxylation is 1. The number of carbonyl (C=O) groups excluding carboxylic acids is 2. The summed E-state index contributed by atoms with van der Waals surface area (Å²) in [7, 11) is 1.41. The molecule has 4 aliphatic carbocycles. The van der Waals surface area contributed by atoms with E-state index in [0.29, 0.717) is 12.0 Å². The molecule has 0 radical (unpaired) electrons. The highest BCUT2D eigenvalue weighted by molar-refractivity contribution is 5.98. The molecule has 0 aliphatic heterocycles. The maximum absolute atomic E-state index is 13.1. The van der Waals surface area contributed by atoms with Gasteiger partial charge in [0.1, 0.15) is 0 Å². The molecule has 4 aromatic carbocycles. The Morgan fingerprint density at radius 2 is 1.16 bits per heavy atom. The lowest BCUT2D eigenvalue weighted by molar-refractivity contribution is -0.0382. The summed E-state index contributed by atoms with van der Waals surface area (Å²) in [4.78, 5) is 29.5. The van der Waals surface area contributed by atoms with Crippen molar-refractivity contribution in [2.45, 2.75) is 113 Å². The van der Waals surface area contributed by atoms with Gasteiger partial charge in [0, 0.05) is 34.7 Å². The summed E-state index contributed by atoms with van der Waals surface area (Å²) in [6.45, 7) is 6.12. The van der Waals surface area contributed by atoms with Gasteiger partial charge >= 0.3 is 5.97 Å². The van der Waals surface area contributed by atoms with Gasteiger partial charge in [-0.3, -0.25) is 9.78 Å². The van der Waals surface area contributed by atoms with Gasteiger partial charge in [-0.15, -0.1) is 0 Å². The zero-order valence-corrected chi connectivity index (χ0v) is 36.8. The summed E-state index contributed by atoms with van der Waals surface area (Å²) in [5.74, 6) is 0.372. The Morgan fingerprint density at radius 3 is 1.65 bits per heavy atom. The van der Waals surface area contributed by atoms with Crippen LogP contribution in [-0.4, -0.2) is 45.3 Å². The number of ether oxygens (including phenoxy) is 1. The third kappa shape index (κ3) is 8.52. The molecule has 0 bridgehead atoms. The zero-order valence-electron chi connectivity index (χ0n) is 36.8. The second-order valence-corrected chi connectivity index (χ2v) is 18.6. The maximum Gasteiger partial charge on any atom is 0.337 e. The molecule has 6 heteroatoms. The number of aliphatic hydroxyl groups is 2. The lowest BCUT2D eigenvalue weighted by atomic mass is 9.54. The number of allylic oxidation sites excluding steroid dienone is 2. The molecule has 2 fully saturated rings. The van der Waals surface area contributed by atoms with Crippen molar-refractivity contribution in [1.82, 2.24) is 4.98 Å². The molecule has 62 heavy (non-hydrogen) atoms. The van der Waals surface area contributed by atoms with E-state index in [2.05, 4.69) is 116 Å². The van der Waals surface area contributed by atoms with Crippen molar-refractivity contribution >= 4 is 23.9 Å². The average molecular weight is 828 g/mol. The van der Waals surface area contributed by atoms with Gasteiger partial charge in [-0.05, 0) is 146 Å². The van der Waals surface area contributed by atoms with Crippen molar-refractivity contribution in [2.24, 2.45) is 11.8 Å². The molecule has 1 aromatic heterocycles. The van der Waals surface area contributed by atoms with E-state index in [0.717, 1.165) is 92.2 Å². The number of esters is 1. The van der Waals surface area contributed by atoms with Gasteiger partial charge in [0.25, 0.3) is 0 Å². The van der Waals surface area contributed by atoms with Crippen molar-refractivity contribution in [3.8, 4) is 0 Å². The number of aromatic nitrogens is 1. The SMILES string of the molecule is CC[C@@]1(O)CC[C@@]2(Cc3ccccc3)c3ccc(C(=O)Cc4cccnc4C)cc3C=C[C@H]2C1.CC[C@@]1(O)CC[C@@]2(Cc3ccccc3)c3ccc(C(=O)OC)cc3C=C[C@H]2C1. The molecule has 0 spiro atoms. The molecule has 0 amide bonds. The number of nitrogens with zero attached hydrogens (tertiary/aromatic N) is 1. The summed E-state index contributed by atoms with van der Waals surface area (Å²) in [6.07, 6.45) is 19.5. The first-order valence-corrected chi connectivity index (χ1v) is 22.6. The number of pyridine rings is 1. The molecular formula is C56H61NO5. The van der Waals surface area contributed by atoms with Crippen LogP contribution in [0.4, 0.5) is 0 Å². The van der Waals surface area contributed by atoms with Gasteiger partial charge in [0.2, 0.25) is 0 Å². The Hall–Kier alpha value is -5.43. The second kappa shape index (κ2) is 17.7. The van der Waals surface area contributed by atoms with Crippen molar-refractivity contribution < 1.29 is 24.5 Å². The minimum Gasteiger partial charge on any atom is -0.465 e. The Morgan fingerprint density at radius 1 is 0.661 bits per heavy atom. The van der Waals surface area contributed by atoms with E-state index in [4.69, 9.17) is 4.74 Å². The fourth-order valence-electron chi connectivity index (χ4n) is 11.2. The van der Waals surface area contributed by atoms with Gasteiger partial charge < -0.3 is 14.9 Å². The number of Topliss-reactive ketones (excluding diaryl/α,β-unsaturated/α-hetero) is 1. The maximum atomic E-state index is 13.1. The van der Waals surface area contributed by atoms with Crippen LogP contribution in [0.2, 0.25) is 0 Å². The minimum absolute atomic E-state index is 0.0541. The molecule has 4 aliphatic rings. The first-order chi connectivity index (χ1) is 29.9. The molecule has 320 valence electrons. The number of hydrogen-bond acceptors (Lipinski definition) is 6. The largest absolute Gasteiger partial charge is 0.465 e. The van der Waals surface area contributed by atoms with Crippen LogP contribution in [0.1, 0.15) is 131 Å². The van der Waals surface area contributed by atoms with Crippen LogP contribution in [0.3, 0.4) is 0 Å². The number of carbonyl (C=O) groups is 2. The summed E-state index contributed by atoms with van der Waals surface area (Å²) in [5.41, 5.74) is 9.40. The van der Waals surface area contributed by atoms with Crippen molar-refractivity contribution in [2.75, 3.05) is 7.11 Å². The number of ketones is 1. The molecule has 6 atom stereocenters. The Bertz CT molecular complexity index is 2480. The van der Waals surface area contributed by atoms with Gasteiger partial charge in [-0.2, -0.15) is 0 Å². The van der Waals surface area contributed by atoms with Crippen LogP contribution in [0.25, 0.3) is 12.2 Å². The van der Waals surface area contributed by atoms with Crippen LogP contribution in [-0.2, 0) is 34.8 Å². The third-order valence-corrected chi connectivity index (χ3v) is 15.1. The standard InChI is InChI=1S/C31H33NO2.C25H28O3/c1-3-30(34)15-16-31(20-23-8-5-4-6-9-23)27(21-30)13-11-25-18-26(12-14-28(25)31)29(33)19-24-10-7-17-32-22(24)2;1-3-24(27)13-14-25(16-18-7-5-4-6-8-18)21(17-24)11-9-19-15-20(23(26)28-2)10-12-22(19)25/h4-14,17-18,27,34H,3,15-16,19-21H2,1-2H3;4-12,15,21,27H,3,13-14,16-17H2,1-2H3/t27-,30+,31-;21-,24+,25-/m00/s1. The van der Waals surface area contributed by atoms with Gasteiger partial charge in [-0.1, -0.05) is 123 Å². The predicted molar refractivity (Wildman–Crippen MR) is 248 cm³/mol. The lowest BCUT2D eigenvalue weighted by Crippen LogP contribution is -2.49. The van der Waals surface area contributed by atoms with E-state index < -0.39 is 11.2 Å². The molecule has 6 nitrogen and oxygen atoms in total. The Labute approximate surface area is 367 Å². The summed E-state index contributed by atoms with van der Waals surface area (Å²) in [5, 5.41) is 22.1. The summed E-state index contributed by atoms with van der Waals surface area (Å²) >= 11 is 0. The number of fused-ring (bicyclic) bond motifs is 6. The predicted octanol–water partition coefficient (Wildman–Crippen LogP) is 11.2. The van der Waals surface area contributed by atoms with Crippen molar-refractivity contribution in [1.29, 1.82) is 0 Å². The highest BCUT2D eigenvalue weighted by atomic mass is 16.5. The van der Waals surface area contributed by atoms with Gasteiger partial charge in [-0.25, -0.2) is 4.79 Å². The van der Waals surface area contributed by atoms with Crippen LogP contribution in [0.5, 0.6) is 0 Å². The van der Waals surface area contributed by atoms with E-state index in [9.17, 15) is 19.8 Å². The highest BCUT2D eigenvalue weighted by Gasteiger charge is 2.51. The fraction of sp³-hybridized carbons (Fsp3) is 0.375. The van der Waals surface area contributed by atoms with Crippen molar-refractivity contribution in [3.63, 3.8) is 0 Å². The molecule has 9 rings (SSSR count). The van der Waals surface area contributed by atoms with Crippen LogP contribution < -0.4 is 0 Å². The molecule has 2 N–H and O–H groups in total. The Kier molecular flexibility index (Phi) is 12.4. The number of rotatable bonds is 10. The first-order valence-electron chi connectivity index (χ1n) is 22.6. The summed E-state index contributed by atoms with van der Waals surface area (Å²) < 4.78 is 4.90. The van der Waals surface area contributed by atoms with Crippen LogP contribution >= 0.6 is 0 Å². The van der Waals surface area contributed by atoms with Gasteiger partial charge in [0.05, 0.1) is 23.9 Å². The van der Waals surface area contributed by atoms with Crippen molar-refractivity contribution in [3.05, 3.63) is 183 Å². The van der Waals surface area contributed by atoms with E-state index in [-0.39, 0.29) is 34.4 Å². The highest BCUT2D eigenvalue weighted by Crippen LogP contribution is 2.55. The minimum atomic E-state index is -0.593. The molecule has 2 saturated carbocycles. The number of methoxy groups -OCH3 is 1. The number of hydrogen-bond donors (Lipinski definition) is 2. The third-order valence-electron chi connectivity index (χ3n) is 15.1. The molecular weight excluding hydrogens is 767 g/mol. The lowest BCUT2D eigenvalue weighted by Gasteiger charge is -2.51. The van der Waals surface area contributed by atoms with Gasteiger partial charge in [0.15, 0.2) is 5.78 Å². The zero-order chi connectivity index (χ0) is 43.5. The normalized spacial score (nSPS) is 26.7. The second-order valence-electron chi connectivity index (χ2n) is 18.6. The van der Waals surface area contributed by atoms with E-state index in [1.165, 1.54) is 29.4 Å². The monoisotopic (exact) mass is 827 g/mol. The topological polar surface area (TPSA) is 96.7 Å². The molecule has 0 saturated heterocycles. The fourth-order valence-corrected chi connectivity index (χ4v) is 11.2. The molecule has 0 unspecified atom stereocenters. The molecule has 1 heterocycles. The summed E-state index contributed by atoms with van der Waals surface area (Å²) in [6, 6.07) is 37.4. The quantitative estimate of drug-likeness (QED) is 0.108. The van der Waals surface area contributed by atoms with E-state index in [1.54, 1.807) is 6.20 Å². The van der Waals surface area contributed by atoms with E-state index >= 15 is 0 Å². The van der Waals surface area contributed by atoms with Crippen LogP contribution in [0.15, 0.2) is 128 Å². The number of benzene rings is 4. The van der Waals surface area contributed by atoms with E-state index in [1.807, 2.05) is 43.3 Å².